The SMILES string of the molecule is O=C1NC(=O)c2cc(C3NC(N4CCc5ccccc5C4)CS3)ccc21. The molecule has 5 rings (SSSR count). The van der Waals surface area contributed by atoms with Crippen molar-refractivity contribution in [1.29, 1.82) is 0 Å². The molecule has 3 aliphatic heterocycles. The second-order valence-electron chi connectivity index (χ2n) is 6.97. The minimum Gasteiger partial charge on any atom is -0.288 e. The van der Waals surface area contributed by atoms with Crippen LogP contribution in [0.4, 0.5) is 0 Å². The van der Waals surface area contributed by atoms with Crippen LogP contribution in [0.3, 0.4) is 0 Å². The summed E-state index contributed by atoms with van der Waals surface area (Å²) >= 11 is 1.86. The number of hydrogen-bond donors (Lipinski definition) is 2. The first-order valence-electron chi connectivity index (χ1n) is 8.87. The molecule has 2 N–H and O–H groups in total. The fourth-order valence-electron chi connectivity index (χ4n) is 3.99. The van der Waals surface area contributed by atoms with Gasteiger partial charge in [0.1, 0.15) is 0 Å². The van der Waals surface area contributed by atoms with Gasteiger partial charge >= 0.3 is 0 Å². The number of nitrogens with one attached hydrogen (secondary N) is 2. The Morgan fingerprint density at radius 1 is 1.00 bits per heavy atom. The van der Waals surface area contributed by atoms with Gasteiger partial charge in [0, 0.05) is 18.8 Å². The molecular formula is C20H19N3O2S. The van der Waals surface area contributed by atoms with Gasteiger partial charge in [0.05, 0.1) is 22.7 Å². The van der Waals surface area contributed by atoms with Gasteiger partial charge in [-0.25, -0.2) is 0 Å². The van der Waals surface area contributed by atoms with E-state index in [1.54, 1.807) is 6.07 Å². The fraction of sp³-hybridized carbons (Fsp3) is 0.300. The second kappa shape index (κ2) is 6.23. The lowest BCUT2D eigenvalue weighted by atomic mass is 9.99. The molecule has 2 aromatic rings. The summed E-state index contributed by atoms with van der Waals surface area (Å²) in [6.07, 6.45) is 1.41. The Kier molecular flexibility index (Phi) is 3.85. The number of benzene rings is 2. The molecule has 6 heteroatoms. The number of imide groups is 1. The van der Waals surface area contributed by atoms with Gasteiger partial charge in [0.2, 0.25) is 0 Å². The molecule has 2 aromatic carbocycles. The normalized spacial score (nSPS) is 25.1. The summed E-state index contributed by atoms with van der Waals surface area (Å²) in [6.45, 7) is 2.03. The van der Waals surface area contributed by atoms with Gasteiger partial charge in [-0.2, -0.15) is 0 Å². The maximum Gasteiger partial charge on any atom is 0.258 e. The molecule has 0 saturated carbocycles. The maximum atomic E-state index is 11.9. The molecule has 3 heterocycles. The Bertz CT molecular complexity index is 914. The molecule has 2 amide bonds. The van der Waals surface area contributed by atoms with Gasteiger partial charge in [-0.3, -0.25) is 25.1 Å². The van der Waals surface area contributed by atoms with Crippen molar-refractivity contribution < 1.29 is 9.59 Å². The second-order valence-corrected chi connectivity index (χ2v) is 8.11. The molecule has 0 spiro atoms. The number of carbonyl (C=O) groups is 2. The van der Waals surface area contributed by atoms with Gasteiger partial charge < -0.3 is 0 Å². The van der Waals surface area contributed by atoms with Crippen LogP contribution in [-0.4, -0.2) is 35.2 Å². The number of thioether (sulfide) groups is 1. The maximum absolute atomic E-state index is 11.9. The van der Waals surface area contributed by atoms with Crippen LogP contribution in [0, 0.1) is 0 Å². The van der Waals surface area contributed by atoms with E-state index in [1.807, 2.05) is 23.9 Å². The van der Waals surface area contributed by atoms with Crippen LogP contribution >= 0.6 is 11.8 Å². The van der Waals surface area contributed by atoms with Gasteiger partial charge in [-0.1, -0.05) is 30.3 Å². The Morgan fingerprint density at radius 2 is 1.81 bits per heavy atom. The van der Waals surface area contributed by atoms with Gasteiger partial charge in [-0.05, 0) is 35.2 Å². The standard InChI is InChI=1S/C20H19N3O2S/c24-18-15-6-5-13(9-16(15)19(25)22-18)20-21-17(11-26-20)23-8-7-12-3-1-2-4-14(12)10-23/h1-6,9,17,20-21H,7-8,10-11H2,(H,22,24,25). The zero-order chi connectivity index (χ0) is 17.7. The average Bonchev–Trinajstić information content (AvgIpc) is 3.27. The molecule has 1 saturated heterocycles. The third kappa shape index (κ3) is 2.65. The van der Waals surface area contributed by atoms with Crippen molar-refractivity contribution in [2.45, 2.75) is 24.5 Å². The van der Waals surface area contributed by atoms with Crippen molar-refractivity contribution in [2.75, 3.05) is 12.3 Å². The van der Waals surface area contributed by atoms with Crippen LogP contribution in [-0.2, 0) is 13.0 Å². The van der Waals surface area contributed by atoms with E-state index in [1.165, 1.54) is 11.1 Å². The minimum absolute atomic E-state index is 0.144. The van der Waals surface area contributed by atoms with Gasteiger partial charge in [0.15, 0.2) is 0 Å². The van der Waals surface area contributed by atoms with E-state index in [4.69, 9.17) is 0 Å². The third-order valence-electron chi connectivity index (χ3n) is 5.43. The summed E-state index contributed by atoms with van der Waals surface area (Å²) in [6, 6.07) is 14.2. The number of carbonyl (C=O) groups excluding carboxylic acids is 2. The topological polar surface area (TPSA) is 61.4 Å². The highest BCUT2D eigenvalue weighted by atomic mass is 32.2. The zero-order valence-corrected chi connectivity index (χ0v) is 15.0. The van der Waals surface area contributed by atoms with Crippen molar-refractivity contribution in [3.8, 4) is 0 Å². The van der Waals surface area contributed by atoms with E-state index in [-0.39, 0.29) is 17.2 Å². The molecule has 3 aliphatic rings. The first-order valence-corrected chi connectivity index (χ1v) is 9.92. The van der Waals surface area contributed by atoms with Crippen molar-refractivity contribution in [3.63, 3.8) is 0 Å². The predicted molar refractivity (Wildman–Crippen MR) is 101 cm³/mol. The van der Waals surface area contributed by atoms with Gasteiger partial charge in [-0.15, -0.1) is 11.8 Å². The van der Waals surface area contributed by atoms with E-state index in [0.29, 0.717) is 17.3 Å². The molecule has 26 heavy (non-hydrogen) atoms. The largest absolute Gasteiger partial charge is 0.288 e. The highest BCUT2D eigenvalue weighted by molar-refractivity contribution is 7.99. The van der Waals surface area contributed by atoms with Crippen LogP contribution in [0.1, 0.15) is 42.8 Å². The molecular weight excluding hydrogens is 346 g/mol. The molecule has 2 atom stereocenters. The van der Waals surface area contributed by atoms with E-state index >= 15 is 0 Å². The number of hydrogen-bond acceptors (Lipinski definition) is 5. The monoisotopic (exact) mass is 365 g/mol. The lowest BCUT2D eigenvalue weighted by molar-refractivity contribution is 0.0879. The van der Waals surface area contributed by atoms with E-state index in [9.17, 15) is 9.59 Å². The van der Waals surface area contributed by atoms with Crippen LogP contribution < -0.4 is 10.6 Å². The third-order valence-corrected chi connectivity index (χ3v) is 6.68. The quantitative estimate of drug-likeness (QED) is 0.800. The average molecular weight is 365 g/mol. The highest BCUT2D eigenvalue weighted by Gasteiger charge is 2.33. The Hall–Kier alpha value is -2.15. The number of nitrogens with zero attached hydrogens (tertiary/aromatic N) is 1. The smallest absolute Gasteiger partial charge is 0.258 e. The Morgan fingerprint density at radius 3 is 2.69 bits per heavy atom. The van der Waals surface area contributed by atoms with E-state index < -0.39 is 0 Å². The molecule has 0 radical (unpaired) electrons. The van der Waals surface area contributed by atoms with Crippen LogP contribution in [0.15, 0.2) is 42.5 Å². The van der Waals surface area contributed by atoms with Crippen molar-refractivity contribution in [3.05, 3.63) is 70.3 Å². The van der Waals surface area contributed by atoms with E-state index in [2.05, 4.69) is 39.8 Å². The Labute approximate surface area is 156 Å². The Balaban J connectivity index is 1.32. The van der Waals surface area contributed by atoms with Gasteiger partial charge in [0.25, 0.3) is 11.8 Å². The number of amides is 2. The molecule has 0 bridgehead atoms. The van der Waals surface area contributed by atoms with Crippen LogP contribution in [0.5, 0.6) is 0 Å². The van der Waals surface area contributed by atoms with Crippen LogP contribution in [0.2, 0.25) is 0 Å². The lowest BCUT2D eigenvalue weighted by Crippen LogP contribution is -2.46. The summed E-state index contributed by atoms with van der Waals surface area (Å²) in [4.78, 5) is 26.1. The van der Waals surface area contributed by atoms with Crippen molar-refractivity contribution in [2.24, 2.45) is 0 Å². The summed E-state index contributed by atoms with van der Waals surface area (Å²) in [7, 11) is 0. The highest BCUT2D eigenvalue weighted by Crippen LogP contribution is 2.36. The molecule has 0 aromatic heterocycles. The van der Waals surface area contributed by atoms with Crippen LogP contribution in [0.25, 0.3) is 0 Å². The minimum atomic E-state index is -0.298. The summed E-state index contributed by atoms with van der Waals surface area (Å²) < 4.78 is 0. The summed E-state index contributed by atoms with van der Waals surface area (Å²) in [5, 5.41) is 6.20. The number of fused-ring (bicyclic) bond motifs is 2. The fourth-order valence-corrected chi connectivity index (χ4v) is 5.27. The van der Waals surface area contributed by atoms with Crippen molar-refractivity contribution in [1.82, 2.24) is 15.5 Å². The molecule has 0 aliphatic carbocycles. The summed E-state index contributed by atoms with van der Waals surface area (Å²) in [5.74, 6) is 0.419. The number of rotatable bonds is 2. The molecule has 5 nitrogen and oxygen atoms in total. The zero-order valence-electron chi connectivity index (χ0n) is 14.2. The predicted octanol–water partition coefficient (Wildman–Crippen LogP) is 2.29. The summed E-state index contributed by atoms with van der Waals surface area (Å²) in [5.41, 5.74) is 4.90. The first kappa shape index (κ1) is 16.1. The lowest BCUT2D eigenvalue weighted by Gasteiger charge is -2.33. The molecule has 132 valence electrons. The first-order chi connectivity index (χ1) is 12.7. The molecule has 2 unspecified atom stereocenters. The van der Waals surface area contributed by atoms with Crippen molar-refractivity contribution >= 4 is 23.6 Å². The van der Waals surface area contributed by atoms with E-state index in [0.717, 1.165) is 30.8 Å². The molecule has 1 fully saturated rings.